The maximum atomic E-state index is 13.2. The monoisotopic (exact) mass is 385 g/mol. The zero-order valence-corrected chi connectivity index (χ0v) is 15.2. The van der Waals surface area contributed by atoms with Gasteiger partial charge in [-0.15, -0.1) is 0 Å². The summed E-state index contributed by atoms with van der Waals surface area (Å²) in [5.41, 5.74) is 0.142. The molecule has 5 rings (SSSR count). The highest BCUT2D eigenvalue weighted by Gasteiger charge is 2.48. The van der Waals surface area contributed by atoms with Crippen LogP contribution in [0.2, 0.25) is 5.02 Å². The van der Waals surface area contributed by atoms with Gasteiger partial charge < -0.3 is 15.6 Å². The molecule has 0 saturated heterocycles. The molecular weight excluding hydrogens is 370 g/mol. The van der Waals surface area contributed by atoms with E-state index in [1.54, 1.807) is 18.3 Å². The van der Waals surface area contributed by atoms with Crippen molar-refractivity contribution in [3.05, 3.63) is 45.7 Å². The van der Waals surface area contributed by atoms with Crippen molar-refractivity contribution in [2.24, 2.45) is 0 Å². The number of amides is 1. The molecule has 3 N–H and O–H groups in total. The summed E-state index contributed by atoms with van der Waals surface area (Å²) in [6.07, 6.45) is 5.71. The number of carbonyl (C=O) groups is 1. The Labute approximate surface area is 158 Å². The molecule has 1 saturated carbocycles. The molecule has 0 radical (unpaired) electrons. The van der Waals surface area contributed by atoms with Gasteiger partial charge in [0.05, 0.1) is 10.4 Å². The van der Waals surface area contributed by atoms with Crippen LogP contribution in [0.5, 0.6) is 0 Å². The fourth-order valence-corrected chi connectivity index (χ4v) is 4.03. The average Bonchev–Trinajstić information content (AvgIpc) is 3.09. The summed E-state index contributed by atoms with van der Waals surface area (Å²) in [6.45, 7) is 0. The molecule has 0 unspecified atom stereocenters. The topological polar surface area (TPSA) is 108 Å². The van der Waals surface area contributed by atoms with Crippen LogP contribution in [0.25, 0.3) is 11.0 Å². The molecular formula is C17H16ClN7O2. The predicted molar refractivity (Wildman–Crippen MR) is 101 cm³/mol. The van der Waals surface area contributed by atoms with Gasteiger partial charge in [-0.1, -0.05) is 11.6 Å². The van der Waals surface area contributed by atoms with Crippen LogP contribution in [-0.4, -0.2) is 38.2 Å². The highest BCUT2D eigenvalue weighted by Crippen LogP contribution is 2.37. The maximum absolute atomic E-state index is 13.2. The number of fused-ring (bicyclic) bond motifs is 2. The number of nitrogens with one attached hydrogen (secondary N) is 3. The minimum atomic E-state index is -0.529. The fraction of sp³-hybridized carbons (Fsp3) is 0.294. The molecule has 1 amide bonds. The lowest BCUT2D eigenvalue weighted by atomic mass is 9.83. The van der Waals surface area contributed by atoms with Gasteiger partial charge in [-0.25, -0.2) is 14.6 Å². The van der Waals surface area contributed by atoms with E-state index in [4.69, 9.17) is 11.6 Å². The first kappa shape index (κ1) is 16.1. The second-order valence-electron chi connectivity index (χ2n) is 6.82. The Morgan fingerprint density at radius 3 is 2.85 bits per heavy atom. The molecule has 0 bridgehead atoms. The highest BCUT2D eigenvalue weighted by molar-refractivity contribution is 6.34. The Morgan fingerprint density at radius 2 is 2.11 bits per heavy atom. The molecule has 4 heterocycles. The van der Waals surface area contributed by atoms with Gasteiger partial charge in [0.2, 0.25) is 0 Å². The lowest BCUT2D eigenvalue weighted by molar-refractivity contribution is 0.0700. The van der Waals surface area contributed by atoms with Crippen molar-refractivity contribution >= 4 is 40.0 Å². The molecule has 1 aliphatic carbocycles. The third-order valence-corrected chi connectivity index (χ3v) is 5.69. The standard InChI is InChI=1S/C17H16ClN7O2/c1-24-17(4-2-5-17)23-15(26)12-10(18)7-11(16(27)25(12)24)22-14-9-3-6-19-13(9)20-8-21-14/h3,6-8H,2,4-5H2,1H3,(H,23,26)(H2,19,20,21,22). The number of pyridine rings is 1. The van der Waals surface area contributed by atoms with Crippen LogP contribution < -0.4 is 21.2 Å². The fourth-order valence-electron chi connectivity index (χ4n) is 3.76. The van der Waals surface area contributed by atoms with E-state index in [1.807, 2.05) is 6.07 Å². The summed E-state index contributed by atoms with van der Waals surface area (Å²) in [6, 6.07) is 3.28. The van der Waals surface area contributed by atoms with Crippen molar-refractivity contribution in [2.75, 3.05) is 17.4 Å². The summed E-state index contributed by atoms with van der Waals surface area (Å²) in [7, 11) is 1.79. The molecule has 2 aliphatic rings. The molecule has 1 spiro atoms. The first-order valence-corrected chi connectivity index (χ1v) is 8.95. The smallest absolute Gasteiger partial charge is 0.293 e. The van der Waals surface area contributed by atoms with E-state index in [2.05, 4.69) is 25.6 Å². The van der Waals surface area contributed by atoms with Crippen molar-refractivity contribution in [1.82, 2.24) is 24.9 Å². The first-order chi connectivity index (χ1) is 13.0. The van der Waals surface area contributed by atoms with E-state index in [1.165, 1.54) is 17.1 Å². The SMILES string of the molecule is CN1n2c(c(Cl)cc(Nc3ncnc4[nH]ccc34)c2=O)C(=O)NC12CCC2. The third-order valence-electron chi connectivity index (χ3n) is 5.40. The van der Waals surface area contributed by atoms with Crippen LogP contribution in [0, 0.1) is 0 Å². The van der Waals surface area contributed by atoms with Crippen LogP contribution in [0.15, 0.2) is 29.5 Å². The Kier molecular flexibility index (Phi) is 3.26. The van der Waals surface area contributed by atoms with Gasteiger partial charge in [-0.2, -0.15) is 0 Å². The normalized spacial score (nSPS) is 17.6. The number of H-pyrrole nitrogens is 1. The molecule has 9 nitrogen and oxygen atoms in total. The van der Waals surface area contributed by atoms with Crippen molar-refractivity contribution in [1.29, 1.82) is 0 Å². The van der Waals surface area contributed by atoms with Gasteiger partial charge in [0.1, 0.15) is 34.8 Å². The van der Waals surface area contributed by atoms with E-state index >= 15 is 0 Å². The molecule has 10 heteroatoms. The van der Waals surface area contributed by atoms with Gasteiger partial charge in [-0.05, 0) is 31.4 Å². The quantitative estimate of drug-likeness (QED) is 0.619. The molecule has 1 aliphatic heterocycles. The number of carbonyl (C=O) groups excluding carboxylic acids is 1. The molecule has 3 aromatic heterocycles. The largest absolute Gasteiger partial charge is 0.346 e. The van der Waals surface area contributed by atoms with Crippen LogP contribution >= 0.6 is 11.6 Å². The van der Waals surface area contributed by atoms with Gasteiger partial charge in [-0.3, -0.25) is 14.6 Å². The Morgan fingerprint density at radius 1 is 1.30 bits per heavy atom. The summed E-state index contributed by atoms with van der Waals surface area (Å²) >= 11 is 6.37. The second-order valence-corrected chi connectivity index (χ2v) is 7.23. The number of anilines is 2. The maximum Gasteiger partial charge on any atom is 0.293 e. The van der Waals surface area contributed by atoms with Crippen molar-refractivity contribution < 1.29 is 4.79 Å². The van der Waals surface area contributed by atoms with Crippen molar-refractivity contribution in [2.45, 2.75) is 24.9 Å². The Hall–Kier alpha value is -3.07. The number of hydrogen-bond acceptors (Lipinski definition) is 6. The predicted octanol–water partition coefficient (Wildman–Crippen LogP) is 1.71. The van der Waals surface area contributed by atoms with Crippen molar-refractivity contribution in [3.8, 4) is 0 Å². The Bertz CT molecular complexity index is 1150. The average molecular weight is 386 g/mol. The number of halogens is 1. The van der Waals surface area contributed by atoms with Gasteiger partial charge in [0, 0.05) is 13.2 Å². The molecule has 0 aromatic carbocycles. The zero-order chi connectivity index (χ0) is 18.8. The van der Waals surface area contributed by atoms with Crippen LogP contribution in [-0.2, 0) is 0 Å². The van der Waals surface area contributed by atoms with E-state index in [0.717, 1.165) is 24.6 Å². The zero-order valence-electron chi connectivity index (χ0n) is 14.4. The van der Waals surface area contributed by atoms with E-state index < -0.39 is 5.66 Å². The van der Waals surface area contributed by atoms with Crippen LogP contribution in [0.3, 0.4) is 0 Å². The number of nitrogens with zero attached hydrogens (tertiary/aromatic N) is 4. The number of hydrogen-bond donors (Lipinski definition) is 3. The molecule has 0 atom stereocenters. The minimum Gasteiger partial charge on any atom is -0.346 e. The summed E-state index contributed by atoms with van der Waals surface area (Å²) in [5, 5.41) is 8.75. The summed E-state index contributed by atoms with van der Waals surface area (Å²) in [4.78, 5) is 37.1. The van der Waals surface area contributed by atoms with Gasteiger partial charge >= 0.3 is 0 Å². The molecule has 3 aromatic rings. The third kappa shape index (κ3) is 2.18. The van der Waals surface area contributed by atoms with Gasteiger partial charge in [0.15, 0.2) is 0 Å². The second kappa shape index (κ2) is 5.46. The Balaban J connectivity index is 1.66. The van der Waals surface area contributed by atoms with Gasteiger partial charge in [0.25, 0.3) is 11.5 Å². The van der Waals surface area contributed by atoms with E-state index in [9.17, 15) is 9.59 Å². The lowest BCUT2D eigenvalue weighted by Crippen LogP contribution is -2.72. The lowest BCUT2D eigenvalue weighted by Gasteiger charge is -2.53. The number of aromatic nitrogens is 4. The van der Waals surface area contributed by atoms with Crippen LogP contribution in [0.1, 0.15) is 29.8 Å². The molecule has 1 fully saturated rings. The minimum absolute atomic E-state index is 0.140. The summed E-state index contributed by atoms with van der Waals surface area (Å²) < 4.78 is 1.36. The van der Waals surface area contributed by atoms with Crippen LogP contribution in [0.4, 0.5) is 11.5 Å². The van der Waals surface area contributed by atoms with E-state index in [-0.39, 0.29) is 27.9 Å². The number of aromatic amines is 1. The molecule has 138 valence electrons. The van der Waals surface area contributed by atoms with Crippen molar-refractivity contribution in [3.63, 3.8) is 0 Å². The first-order valence-electron chi connectivity index (χ1n) is 8.57. The van der Waals surface area contributed by atoms with E-state index in [0.29, 0.717) is 11.5 Å². The number of rotatable bonds is 2. The molecule has 27 heavy (non-hydrogen) atoms. The summed E-state index contributed by atoms with van der Waals surface area (Å²) in [5.74, 6) is 0.146. The highest BCUT2D eigenvalue weighted by atomic mass is 35.5.